The van der Waals surface area contributed by atoms with Crippen LogP contribution in [-0.4, -0.2) is 59.0 Å². The van der Waals surface area contributed by atoms with Gasteiger partial charge in [0, 0.05) is 32.2 Å². The minimum atomic E-state index is -0.837. The molecule has 2 rings (SSSR count). The third-order valence-corrected chi connectivity index (χ3v) is 3.61. The van der Waals surface area contributed by atoms with Crippen molar-refractivity contribution < 1.29 is 14.7 Å². The van der Waals surface area contributed by atoms with Crippen LogP contribution in [0.2, 0.25) is 0 Å². The summed E-state index contributed by atoms with van der Waals surface area (Å²) >= 11 is 0. The second kappa shape index (κ2) is 4.87. The average Bonchev–Trinajstić information content (AvgIpc) is 2.78. The molecular formula is C12H18N2O3. The molecule has 94 valence electrons. The number of hydrogen-bond donors (Lipinski definition) is 1. The number of ketones is 1. The van der Waals surface area contributed by atoms with Gasteiger partial charge >= 0.3 is 6.09 Å². The Bertz CT molecular complexity index is 357. The molecule has 0 aromatic carbocycles. The predicted octanol–water partition coefficient (Wildman–Crippen LogP) is 0.960. The van der Waals surface area contributed by atoms with Crippen LogP contribution in [0.3, 0.4) is 0 Å². The van der Waals surface area contributed by atoms with Crippen LogP contribution in [0.1, 0.15) is 19.8 Å². The fourth-order valence-corrected chi connectivity index (χ4v) is 2.53. The summed E-state index contributed by atoms with van der Waals surface area (Å²) < 4.78 is 0. The van der Waals surface area contributed by atoms with E-state index in [4.69, 9.17) is 5.11 Å². The summed E-state index contributed by atoms with van der Waals surface area (Å²) in [6.45, 7) is 4.26. The van der Waals surface area contributed by atoms with Gasteiger partial charge in [-0.15, -0.1) is 0 Å². The third-order valence-electron chi connectivity index (χ3n) is 3.61. The molecule has 1 N–H and O–H groups in total. The molecule has 1 aliphatic carbocycles. The Morgan fingerprint density at radius 2 is 1.94 bits per heavy atom. The molecule has 0 aromatic heterocycles. The maximum Gasteiger partial charge on any atom is 0.407 e. The summed E-state index contributed by atoms with van der Waals surface area (Å²) in [7, 11) is 0. The minimum Gasteiger partial charge on any atom is -0.465 e. The molecule has 0 spiro atoms. The van der Waals surface area contributed by atoms with E-state index in [9.17, 15) is 9.59 Å². The zero-order valence-electron chi connectivity index (χ0n) is 10.1. The fourth-order valence-electron chi connectivity index (χ4n) is 2.53. The van der Waals surface area contributed by atoms with Crippen LogP contribution in [0.25, 0.3) is 0 Å². The molecule has 0 bridgehead atoms. The summed E-state index contributed by atoms with van der Waals surface area (Å²) in [5.74, 6) is 0.164. The smallest absolute Gasteiger partial charge is 0.407 e. The van der Waals surface area contributed by atoms with Crippen molar-refractivity contribution in [1.29, 1.82) is 0 Å². The van der Waals surface area contributed by atoms with E-state index in [0.29, 0.717) is 19.1 Å². The third kappa shape index (κ3) is 2.66. The number of carbonyl (C=O) groups is 2. The molecule has 2 aliphatic rings. The van der Waals surface area contributed by atoms with Crippen molar-refractivity contribution in [3.05, 3.63) is 11.6 Å². The molecule has 1 saturated heterocycles. The lowest BCUT2D eigenvalue weighted by molar-refractivity contribution is -0.113. The molecule has 5 heteroatoms. The molecule has 1 amide bonds. The van der Waals surface area contributed by atoms with E-state index < -0.39 is 6.09 Å². The van der Waals surface area contributed by atoms with Crippen molar-refractivity contribution in [3.63, 3.8) is 0 Å². The van der Waals surface area contributed by atoms with Gasteiger partial charge in [-0.1, -0.05) is 6.08 Å². The van der Waals surface area contributed by atoms with Crippen LogP contribution < -0.4 is 0 Å². The van der Waals surface area contributed by atoms with Gasteiger partial charge in [0.25, 0.3) is 0 Å². The molecule has 0 aromatic rings. The molecular weight excluding hydrogens is 220 g/mol. The van der Waals surface area contributed by atoms with E-state index in [0.717, 1.165) is 31.5 Å². The Morgan fingerprint density at radius 1 is 1.29 bits per heavy atom. The summed E-state index contributed by atoms with van der Waals surface area (Å²) in [5.41, 5.74) is 0.927. The maximum atomic E-state index is 11.2. The zero-order valence-corrected chi connectivity index (χ0v) is 10.1. The van der Waals surface area contributed by atoms with Crippen molar-refractivity contribution >= 4 is 11.9 Å². The van der Waals surface area contributed by atoms with Gasteiger partial charge in [0.2, 0.25) is 0 Å². The Balaban J connectivity index is 1.90. The number of piperazine rings is 1. The first-order valence-electron chi connectivity index (χ1n) is 6.01. The van der Waals surface area contributed by atoms with Gasteiger partial charge < -0.3 is 10.0 Å². The summed E-state index contributed by atoms with van der Waals surface area (Å²) in [4.78, 5) is 25.7. The number of amides is 1. The van der Waals surface area contributed by atoms with Crippen LogP contribution in [0, 0.1) is 0 Å². The van der Waals surface area contributed by atoms with E-state index in [2.05, 4.69) is 11.0 Å². The number of hydrogen-bond acceptors (Lipinski definition) is 3. The first kappa shape index (κ1) is 12.1. The highest BCUT2D eigenvalue weighted by atomic mass is 16.4. The van der Waals surface area contributed by atoms with Crippen LogP contribution in [0.5, 0.6) is 0 Å². The molecule has 1 atom stereocenters. The highest BCUT2D eigenvalue weighted by Crippen LogP contribution is 2.24. The first-order valence-corrected chi connectivity index (χ1v) is 6.01. The molecule has 0 saturated carbocycles. The fraction of sp³-hybridized carbons (Fsp3) is 0.667. The first-order chi connectivity index (χ1) is 8.08. The number of Topliss-reactive ketones (excluding diaryl/α,β-unsaturated/α-hetero) is 1. The minimum absolute atomic E-state index is 0.164. The Kier molecular flexibility index (Phi) is 3.47. The second-order valence-electron chi connectivity index (χ2n) is 4.66. The van der Waals surface area contributed by atoms with Crippen molar-refractivity contribution in [2.75, 3.05) is 26.2 Å². The topological polar surface area (TPSA) is 60.9 Å². The Morgan fingerprint density at radius 3 is 2.41 bits per heavy atom. The van der Waals surface area contributed by atoms with Crippen LogP contribution >= 0.6 is 0 Å². The van der Waals surface area contributed by atoms with Gasteiger partial charge in [-0.3, -0.25) is 9.69 Å². The lowest BCUT2D eigenvalue weighted by atomic mass is 10.2. The van der Waals surface area contributed by atoms with E-state index >= 15 is 0 Å². The van der Waals surface area contributed by atoms with Crippen LogP contribution in [-0.2, 0) is 4.79 Å². The molecule has 0 radical (unpaired) electrons. The van der Waals surface area contributed by atoms with Gasteiger partial charge in [-0.05, 0) is 25.3 Å². The number of rotatable bonds is 2. The largest absolute Gasteiger partial charge is 0.465 e. The van der Waals surface area contributed by atoms with Gasteiger partial charge in [0.15, 0.2) is 5.78 Å². The monoisotopic (exact) mass is 238 g/mol. The second-order valence-corrected chi connectivity index (χ2v) is 4.66. The predicted molar refractivity (Wildman–Crippen MR) is 63.0 cm³/mol. The molecule has 1 fully saturated rings. The zero-order chi connectivity index (χ0) is 12.4. The highest BCUT2D eigenvalue weighted by molar-refractivity contribution is 5.93. The Hall–Kier alpha value is -1.36. The summed E-state index contributed by atoms with van der Waals surface area (Å²) in [6.07, 6.45) is 3.07. The van der Waals surface area contributed by atoms with Crippen LogP contribution in [0.4, 0.5) is 4.79 Å². The van der Waals surface area contributed by atoms with Gasteiger partial charge in [0.1, 0.15) is 0 Å². The van der Waals surface area contributed by atoms with Crippen molar-refractivity contribution in [2.24, 2.45) is 0 Å². The highest BCUT2D eigenvalue weighted by Gasteiger charge is 2.28. The normalized spacial score (nSPS) is 25.8. The van der Waals surface area contributed by atoms with E-state index in [-0.39, 0.29) is 5.78 Å². The van der Waals surface area contributed by atoms with Crippen molar-refractivity contribution in [3.8, 4) is 0 Å². The number of carboxylic acid groups (broad SMARTS) is 1. The number of carbonyl (C=O) groups excluding carboxylic acids is 1. The Labute approximate surface area is 101 Å². The molecule has 5 nitrogen and oxygen atoms in total. The van der Waals surface area contributed by atoms with E-state index in [1.807, 2.05) is 0 Å². The lowest BCUT2D eigenvalue weighted by Gasteiger charge is -2.36. The van der Waals surface area contributed by atoms with E-state index in [1.54, 1.807) is 6.92 Å². The quantitative estimate of drug-likeness (QED) is 0.778. The SMILES string of the molecule is CC(=O)C1=C[C@H](N2CCN(C(=O)O)CC2)CC1. The lowest BCUT2D eigenvalue weighted by Crippen LogP contribution is -2.50. The molecule has 1 heterocycles. The van der Waals surface area contributed by atoms with Gasteiger partial charge in [0.05, 0.1) is 0 Å². The number of allylic oxidation sites excluding steroid dienone is 1. The molecule has 17 heavy (non-hydrogen) atoms. The molecule has 1 aliphatic heterocycles. The summed E-state index contributed by atoms with van der Waals surface area (Å²) in [6, 6.07) is 0.324. The van der Waals surface area contributed by atoms with E-state index in [1.165, 1.54) is 4.90 Å². The van der Waals surface area contributed by atoms with Gasteiger partial charge in [-0.25, -0.2) is 4.79 Å². The standard InChI is InChI=1S/C12H18N2O3/c1-9(15)10-2-3-11(8-10)13-4-6-14(7-5-13)12(16)17/h8,11H,2-7H2,1H3,(H,16,17)/t11-/m1/s1. The van der Waals surface area contributed by atoms with Gasteiger partial charge in [-0.2, -0.15) is 0 Å². The molecule has 0 unspecified atom stereocenters. The van der Waals surface area contributed by atoms with Crippen molar-refractivity contribution in [1.82, 2.24) is 9.80 Å². The maximum absolute atomic E-state index is 11.2. The van der Waals surface area contributed by atoms with Crippen LogP contribution in [0.15, 0.2) is 11.6 Å². The average molecular weight is 238 g/mol. The number of nitrogens with zero attached hydrogens (tertiary/aromatic N) is 2. The summed E-state index contributed by atoms with van der Waals surface area (Å²) in [5, 5.41) is 8.86. The van der Waals surface area contributed by atoms with Crippen molar-refractivity contribution in [2.45, 2.75) is 25.8 Å².